The van der Waals surface area contributed by atoms with Gasteiger partial charge in [-0.05, 0) is 24.1 Å². The Morgan fingerprint density at radius 3 is 2.38 bits per heavy atom. The van der Waals surface area contributed by atoms with Crippen LogP contribution in [-0.4, -0.2) is 6.00 Å². The highest BCUT2D eigenvalue weighted by atomic mass is 79.9. The van der Waals surface area contributed by atoms with Gasteiger partial charge in [0.15, 0.2) is 0 Å². The molecular formula is C8H8BrCl3Si. The topological polar surface area (TPSA) is 0 Å². The summed E-state index contributed by atoms with van der Waals surface area (Å²) in [6.45, 7) is 2.03. The zero-order valence-electron chi connectivity index (χ0n) is 6.95. The van der Waals surface area contributed by atoms with Crippen LogP contribution in [0.25, 0.3) is 0 Å². The molecule has 0 saturated heterocycles. The molecule has 0 heterocycles. The molecule has 1 aromatic carbocycles. The number of aryl methyl sites for hydroxylation is 1. The highest BCUT2D eigenvalue weighted by Crippen LogP contribution is 2.26. The predicted molar refractivity (Wildman–Crippen MR) is 65.9 cm³/mol. The average Bonchev–Trinajstić information content (AvgIpc) is 1.94. The lowest BCUT2D eigenvalue weighted by Crippen LogP contribution is -2.14. The normalized spacial score (nSPS) is 11.8. The fraction of sp³-hybridized carbons (Fsp3) is 0.250. The SMILES string of the molecule is Cc1ccc(C[Si](Cl)(Cl)Cl)cc1Br. The second-order valence-corrected chi connectivity index (χ2v) is 12.9. The van der Waals surface area contributed by atoms with Gasteiger partial charge in [-0.25, -0.2) is 0 Å². The monoisotopic (exact) mass is 316 g/mol. The average molecular weight is 319 g/mol. The van der Waals surface area contributed by atoms with Crippen LogP contribution in [0.1, 0.15) is 11.1 Å². The van der Waals surface area contributed by atoms with E-state index in [0.29, 0.717) is 6.04 Å². The molecule has 0 fully saturated rings. The van der Waals surface area contributed by atoms with Crippen LogP contribution in [0.5, 0.6) is 0 Å². The Morgan fingerprint density at radius 1 is 1.31 bits per heavy atom. The second kappa shape index (κ2) is 4.54. The summed E-state index contributed by atoms with van der Waals surface area (Å²) in [6.07, 6.45) is 0. The molecule has 0 aromatic heterocycles. The van der Waals surface area contributed by atoms with E-state index in [1.807, 2.05) is 25.1 Å². The standard InChI is InChI=1S/C8H8BrCl3Si/c1-6-2-3-7(4-8(6)9)5-13(10,11)12/h2-4H,5H2,1H3. The van der Waals surface area contributed by atoms with E-state index in [1.54, 1.807) is 0 Å². The first-order valence-corrected chi connectivity index (χ1v) is 9.74. The van der Waals surface area contributed by atoms with Crippen molar-refractivity contribution >= 4 is 55.2 Å². The van der Waals surface area contributed by atoms with Crippen LogP contribution in [0.4, 0.5) is 0 Å². The zero-order chi connectivity index (χ0) is 10.1. The molecule has 0 spiro atoms. The summed E-state index contributed by atoms with van der Waals surface area (Å²) in [5.41, 5.74) is 2.26. The quantitative estimate of drug-likeness (QED) is 0.556. The molecule has 0 aliphatic rings. The van der Waals surface area contributed by atoms with E-state index < -0.39 is 6.00 Å². The van der Waals surface area contributed by atoms with E-state index in [-0.39, 0.29) is 0 Å². The van der Waals surface area contributed by atoms with Crippen LogP contribution >= 0.6 is 49.2 Å². The molecule has 0 atom stereocenters. The Morgan fingerprint density at radius 2 is 1.92 bits per heavy atom. The molecule has 0 nitrogen and oxygen atoms in total. The van der Waals surface area contributed by atoms with Crippen molar-refractivity contribution in [3.8, 4) is 0 Å². The number of halogens is 4. The van der Waals surface area contributed by atoms with Crippen molar-refractivity contribution in [2.24, 2.45) is 0 Å². The number of rotatable bonds is 2. The molecule has 0 radical (unpaired) electrons. The van der Waals surface area contributed by atoms with Crippen LogP contribution in [-0.2, 0) is 6.04 Å². The van der Waals surface area contributed by atoms with Crippen LogP contribution in [0.2, 0.25) is 0 Å². The van der Waals surface area contributed by atoms with E-state index in [1.165, 1.54) is 5.56 Å². The Kier molecular flexibility index (Phi) is 4.14. The van der Waals surface area contributed by atoms with E-state index in [4.69, 9.17) is 33.2 Å². The van der Waals surface area contributed by atoms with Crippen LogP contribution in [0.15, 0.2) is 22.7 Å². The fourth-order valence-corrected chi connectivity index (χ4v) is 3.48. The van der Waals surface area contributed by atoms with Gasteiger partial charge in [-0.3, -0.25) is 0 Å². The van der Waals surface area contributed by atoms with Crippen LogP contribution < -0.4 is 0 Å². The zero-order valence-corrected chi connectivity index (χ0v) is 11.8. The van der Waals surface area contributed by atoms with Gasteiger partial charge in [-0.15, -0.1) is 33.2 Å². The summed E-state index contributed by atoms with van der Waals surface area (Å²) in [7, 11) is 0. The number of hydrogen-bond acceptors (Lipinski definition) is 0. The summed E-state index contributed by atoms with van der Waals surface area (Å²) in [5, 5.41) is 0. The summed E-state index contributed by atoms with van der Waals surface area (Å²) < 4.78 is 1.06. The molecule has 1 rings (SSSR count). The molecular weight excluding hydrogens is 310 g/mol. The van der Waals surface area contributed by atoms with Gasteiger partial charge in [0.25, 0.3) is 0 Å². The first-order valence-electron chi connectivity index (χ1n) is 3.70. The highest BCUT2D eigenvalue weighted by Gasteiger charge is 2.25. The van der Waals surface area contributed by atoms with Crippen molar-refractivity contribution in [3.63, 3.8) is 0 Å². The third-order valence-electron chi connectivity index (χ3n) is 1.64. The lowest BCUT2D eigenvalue weighted by Gasteiger charge is -2.08. The summed E-state index contributed by atoms with van der Waals surface area (Å²) in [5.74, 6) is 0. The van der Waals surface area contributed by atoms with Gasteiger partial charge in [-0.1, -0.05) is 28.1 Å². The van der Waals surface area contributed by atoms with Crippen molar-refractivity contribution in [1.82, 2.24) is 0 Å². The minimum Gasteiger partial charge on any atom is -0.126 e. The maximum absolute atomic E-state index is 5.81. The van der Waals surface area contributed by atoms with Gasteiger partial charge < -0.3 is 0 Å². The Balaban J connectivity index is 2.86. The molecule has 0 saturated carbocycles. The molecule has 13 heavy (non-hydrogen) atoms. The smallest absolute Gasteiger partial charge is 0.126 e. The maximum Gasteiger partial charge on any atom is 0.345 e. The molecule has 0 N–H and O–H groups in total. The van der Waals surface area contributed by atoms with Crippen molar-refractivity contribution in [3.05, 3.63) is 33.8 Å². The second-order valence-electron chi connectivity index (χ2n) is 2.88. The van der Waals surface area contributed by atoms with Gasteiger partial charge in [0.1, 0.15) is 0 Å². The summed E-state index contributed by atoms with van der Waals surface area (Å²) in [4.78, 5) is 0. The van der Waals surface area contributed by atoms with Crippen molar-refractivity contribution < 1.29 is 0 Å². The van der Waals surface area contributed by atoms with Crippen molar-refractivity contribution in [2.75, 3.05) is 0 Å². The third-order valence-corrected chi connectivity index (χ3v) is 4.51. The third kappa shape index (κ3) is 4.22. The Bertz CT molecular complexity index is 309. The van der Waals surface area contributed by atoms with Crippen LogP contribution in [0.3, 0.4) is 0 Å². The van der Waals surface area contributed by atoms with Gasteiger partial charge in [0, 0.05) is 10.5 Å². The van der Waals surface area contributed by atoms with E-state index in [2.05, 4.69) is 15.9 Å². The fourth-order valence-electron chi connectivity index (χ4n) is 0.978. The lowest BCUT2D eigenvalue weighted by atomic mass is 10.2. The molecule has 0 aliphatic carbocycles. The molecule has 0 amide bonds. The van der Waals surface area contributed by atoms with Gasteiger partial charge >= 0.3 is 6.00 Å². The molecule has 1 aromatic rings. The van der Waals surface area contributed by atoms with Crippen molar-refractivity contribution in [1.29, 1.82) is 0 Å². The molecule has 72 valence electrons. The molecule has 0 unspecified atom stereocenters. The van der Waals surface area contributed by atoms with Crippen molar-refractivity contribution in [2.45, 2.75) is 13.0 Å². The first-order chi connectivity index (χ1) is 5.88. The van der Waals surface area contributed by atoms with Gasteiger partial charge in [-0.2, -0.15) is 0 Å². The molecule has 0 bridgehead atoms. The van der Waals surface area contributed by atoms with Gasteiger partial charge in [0.2, 0.25) is 0 Å². The Hall–Kier alpha value is 0.787. The van der Waals surface area contributed by atoms with E-state index in [9.17, 15) is 0 Å². The predicted octanol–water partition coefficient (Wildman–Crippen LogP) is 4.49. The first kappa shape index (κ1) is 11.9. The summed E-state index contributed by atoms with van der Waals surface area (Å²) in [6, 6.07) is 4.04. The summed E-state index contributed by atoms with van der Waals surface area (Å²) >= 11 is 20.9. The number of hydrogen-bond donors (Lipinski definition) is 0. The van der Waals surface area contributed by atoms with Crippen LogP contribution in [0, 0.1) is 6.92 Å². The van der Waals surface area contributed by atoms with Gasteiger partial charge in [0.05, 0.1) is 0 Å². The van der Waals surface area contributed by atoms with E-state index in [0.717, 1.165) is 10.0 Å². The highest BCUT2D eigenvalue weighted by molar-refractivity contribution is 9.10. The molecule has 5 heteroatoms. The minimum atomic E-state index is -2.54. The molecule has 0 aliphatic heterocycles. The Labute approximate surface area is 101 Å². The largest absolute Gasteiger partial charge is 0.345 e. The minimum absolute atomic E-state index is 0.566. The van der Waals surface area contributed by atoms with E-state index >= 15 is 0 Å². The maximum atomic E-state index is 5.81. The lowest BCUT2D eigenvalue weighted by molar-refractivity contribution is 1.32. The number of benzene rings is 1.